The maximum absolute atomic E-state index is 5.48. The molecule has 5 nitrogen and oxygen atoms in total. The predicted molar refractivity (Wildman–Crippen MR) is 53.9 cm³/mol. The van der Waals surface area contributed by atoms with Crippen molar-refractivity contribution in [3.63, 3.8) is 0 Å². The number of hydrogen-bond donors (Lipinski definition) is 2. The van der Waals surface area contributed by atoms with E-state index < -0.39 is 0 Å². The highest BCUT2D eigenvalue weighted by atomic mass is 16.5. The Morgan fingerprint density at radius 2 is 2.21 bits per heavy atom. The van der Waals surface area contributed by atoms with E-state index in [9.17, 15) is 0 Å². The molecule has 1 saturated heterocycles. The summed E-state index contributed by atoms with van der Waals surface area (Å²) in [6.07, 6.45) is 4.40. The molecule has 76 valence electrons. The van der Waals surface area contributed by atoms with Crippen LogP contribution in [0, 0.1) is 0 Å². The molecule has 0 spiro atoms. The first-order valence-electron chi connectivity index (χ1n) is 4.71. The van der Waals surface area contributed by atoms with Crippen LogP contribution in [0.5, 0.6) is 0 Å². The lowest BCUT2D eigenvalue weighted by molar-refractivity contribution is 0.121. The Labute approximate surface area is 82.7 Å². The molecule has 0 radical (unpaired) electrons. The molecule has 5 heteroatoms. The van der Waals surface area contributed by atoms with Gasteiger partial charge in [0, 0.05) is 6.61 Å². The van der Waals surface area contributed by atoms with Gasteiger partial charge >= 0.3 is 0 Å². The second-order valence-corrected chi connectivity index (χ2v) is 3.46. The largest absolute Gasteiger partial charge is 0.396 e. The van der Waals surface area contributed by atoms with Crippen molar-refractivity contribution in [1.82, 2.24) is 9.97 Å². The molecular weight excluding hydrogens is 180 g/mol. The van der Waals surface area contributed by atoms with Crippen molar-refractivity contribution < 1.29 is 4.74 Å². The monoisotopic (exact) mass is 194 g/mol. The SMILES string of the molecule is CC1OCCC1Nc1ncc(N)cn1. The summed E-state index contributed by atoms with van der Waals surface area (Å²) in [7, 11) is 0. The lowest BCUT2D eigenvalue weighted by atomic mass is 10.2. The summed E-state index contributed by atoms with van der Waals surface area (Å²) in [5, 5.41) is 3.22. The lowest BCUT2D eigenvalue weighted by Crippen LogP contribution is -2.27. The molecule has 0 aromatic carbocycles. The van der Waals surface area contributed by atoms with Gasteiger partial charge in [-0.25, -0.2) is 9.97 Å². The number of nitrogen functional groups attached to an aromatic ring is 1. The third-order valence-corrected chi connectivity index (χ3v) is 2.36. The summed E-state index contributed by atoms with van der Waals surface area (Å²) in [5.41, 5.74) is 6.06. The van der Waals surface area contributed by atoms with Gasteiger partial charge in [-0.1, -0.05) is 0 Å². The van der Waals surface area contributed by atoms with E-state index in [2.05, 4.69) is 15.3 Å². The number of nitrogens with two attached hydrogens (primary N) is 1. The van der Waals surface area contributed by atoms with Gasteiger partial charge in [0.15, 0.2) is 0 Å². The molecule has 0 amide bonds. The number of nitrogens with zero attached hydrogens (tertiary/aromatic N) is 2. The zero-order valence-electron chi connectivity index (χ0n) is 8.10. The second-order valence-electron chi connectivity index (χ2n) is 3.46. The zero-order chi connectivity index (χ0) is 9.97. The van der Waals surface area contributed by atoms with Gasteiger partial charge in [-0.3, -0.25) is 0 Å². The normalized spacial score (nSPS) is 26.4. The number of hydrogen-bond acceptors (Lipinski definition) is 5. The van der Waals surface area contributed by atoms with Gasteiger partial charge < -0.3 is 15.8 Å². The van der Waals surface area contributed by atoms with Crippen LogP contribution in [0.4, 0.5) is 11.6 Å². The molecule has 1 fully saturated rings. The van der Waals surface area contributed by atoms with Crippen LogP contribution in [0.15, 0.2) is 12.4 Å². The molecule has 3 N–H and O–H groups in total. The average Bonchev–Trinajstić information content (AvgIpc) is 2.56. The van der Waals surface area contributed by atoms with E-state index in [1.54, 1.807) is 12.4 Å². The minimum atomic E-state index is 0.219. The molecule has 14 heavy (non-hydrogen) atoms. The summed E-state index contributed by atoms with van der Waals surface area (Å²) < 4.78 is 5.42. The van der Waals surface area contributed by atoms with Crippen LogP contribution in [0.25, 0.3) is 0 Å². The van der Waals surface area contributed by atoms with Crippen LogP contribution < -0.4 is 11.1 Å². The van der Waals surface area contributed by atoms with Crippen LogP contribution >= 0.6 is 0 Å². The molecule has 1 aliphatic rings. The van der Waals surface area contributed by atoms with E-state index >= 15 is 0 Å². The Bertz CT molecular complexity index is 300. The minimum Gasteiger partial charge on any atom is -0.396 e. The molecule has 1 aromatic rings. The number of ether oxygens (including phenoxy) is 1. The topological polar surface area (TPSA) is 73.1 Å². The van der Waals surface area contributed by atoms with Crippen LogP contribution in [0.1, 0.15) is 13.3 Å². The molecular formula is C9H14N4O. The zero-order valence-corrected chi connectivity index (χ0v) is 8.10. The van der Waals surface area contributed by atoms with Crippen LogP contribution in [-0.4, -0.2) is 28.7 Å². The fourth-order valence-corrected chi connectivity index (χ4v) is 1.50. The number of rotatable bonds is 2. The van der Waals surface area contributed by atoms with E-state index in [0.717, 1.165) is 13.0 Å². The van der Waals surface area contributed by atoms with Gasteiger partial charge in [-0.15, -0.1) is 0 Å². The molecule has 2 rings (SSSR count). The van der Waals surface area contributed by atoms with Crippen molar-refractivity contribution >= 4 is 11.6 Å². The summed E-state index contributed by atoms with van der Waals surface area (Å²) in [6.45, 7) is 2.84. The summed E-state index contributed by atoms with van der Waals surface area (Å²) in [5.74, 6) is 0.613. The lowest BCUT2D eigenvalue weighted by Gasteiger charge is -2.15. The molecule has 2 heterocycles. The highest BCUT2D eigenvalue weighted by Gasteiger charge is 2.24. The minimum absolute atomic E-state index is 0.219. The third-order valence-electron chi connectivity index (χ3n) is 2.36. The van der Waals surface area contributed by atoms with Gasteiger partial charge in [0.1, 0.15) is 0 Å². The molecule has 1 aliphatic heterocycles. The first kappa shape index (κ1) is 9.21. The Balaban J connectivity index is 2.00. The first-order valence-corrected chi connectivity index (χ1v) is 4.71. The van der Waals surface area contributed by atoms with E-state index in [4.69, 9.17) is 10.5 Å². The van der Waals surface area contributed by atoms with Crippen LogP contribution in [0.2, 0.25) is 0 Å². The molecule has 0 saturated carbocycles. The fourth-order valence-electron chi connectivity index (χ4n) is 1.50. The highest BCUT2D eigenvalue weighted by molar-refractivity contribution is 5.36. The van der Waals surface area contributed by atoms with Gasteiger partial charge in [-0.2, -0.15) is 0 Å². The predicted octanol–water partition coefficient (Wildman–Crippen LogP) is 0.648. The smallest absolute Gasteiger partial charge is 0.223 e. The van der Waals surface area contributed by atoms with E-state index in [0.29, 0.717) is 17.7 Å². The van der Waals surface area contributed by atoms with Crippen LogP contribution in [0.3, 0.4) is 0 Å². The summed E-state index contributed by atoms with van der Waals surface area (Å²) >= 11 is 0. The number of nitrogens with one attached hydrogen (secondary N) is 1. The average molecular weight is 194 g/mol. The molecule has 2 unspecified atom stereocenters. The Morgan fingerprint density at radius 3 is 2.79 bits per heavy atom. The third kappa shape index (κ3) is 1.93. The summed E-state index contributed by atoms with van der Waals surface area (Å²) in [6, 6.07) is 0.304. The van der Waals surface area contributed by atoms with Crippen molar-refractivity contribution in [1.29, 1.82) is 0 Å². The van der Waals surface area contributed by atoms with E-state index in [1.807, 2.05) is 6.92 Å². The molecule has 2 atom stereocenters. The van der Waals surface area contributed by atoms with Gasteiger partial charge in [0.05, 0.1) is 30.2 Å². The van der Waals surface area contributed by atoms with Gasteiger partial charge in [0.2, 0.25) is 5.95 Å². The van der Waals surface area contributed by atoms with Gasteiger partial charge in [-0.05, 0) is 13.3 Å². The van der Waals surface area contributed by atoms with Crippen molar-refractivity contribution in [2.45, 2.75) is 25.5 Å². The molecule has 1 aromatic heterocycles. The molecule has 0 bridgehead atoms. The maximum Gasteiger partial charge on any atom is 0.223 e. The first-order chi connectivity index (χ1) is 6.75. The summed E-state index contributed by atoms with van der Waals surface area (Å²) in [4.78, 5) is 8.15. The Hall–Kier alpha value is -1.36. The van der Waals surface area contributed by atoms with Crippen molar-refractivity contribution in [3.05, 3.63) is 12.4 Å². The maximum atomic E-state index is 5.48. The van der Waals surface area contributed by atoms with Crippen molar-refractivity contribution in [2.75, 3.05) is 17.7 Å². The van der Waals surface area contributed by atoms with E-state index in [-0.39, 0.29) is 6.10 Å². The molecule has 0 aliphatic carbocycles. The Kier molecular flexibility index (Phi) is 2.49. The fraction of sp³-hybridized carbons (Fsp3) is 0.556. The van der Waals surface area contributed by atoms with E-state index in [1.165, 1.54) is 0 Å². The second kappa shape index (κ2) is 3.79. The van der Waals surface area contributed by atoms with Crippen LogP contribution in [-0.2, 0) is 4.74 Å². The number of anilines is 2. The van der Waals surface area contributed by atoms with Crippen molar-refractivity contribution in [3.8, 4) is 0 Å². The standard InChI is InChI=1S/C9H14N4O/c1-6-8(2-3-14-6)13-9-11-4-7(10)5-12-9/h4-6,8H,2-3,10H2,1H3,(H,11,12,13). The quantitative estimate of drug-likeness (QED) is 0.723. The Morgan fingerprint density at radius 1 is 1.50 bits per heavy atom. The van der Waals surface area contributed by atoms with Gasteiger partial charge in [0.25, 0.3) is 0 Å². The highest BCUT2D eigenvalue weighted by Crippen LogP contribution is 2.16. The number of aromatic nitrogens is 2. The van der Waals surface area contributed by atoms with Crippen molar-refractivity contribution in [2.24, 2.45) is 0 Å².